The van der Waals surface area contributed by atoms with Crippen LogP contribution in [0.4, 0.5) is 5.69 Å². The summed E-state index contributed by atoms with van der Waals surface area (Å²) in [4.78, 5) is 20.0. The highest BCUT2D eigenvalue weighted by Gasteiger charge is 2.05. The van der Waals surface area contributed by atoms with E-state index in [0.717, 1.165) is 34.0 Å². The highest BCUT2D eigenvalue weighted by atomic mass is 16.5. The third kappa shape index (κ3) is 3.57. The molecular formula is C19H17N3O2. The molecule has 5 nitrogen and oxygen atoms in total. The van der Waals surface area contributed by atoms with Gasteiger partial charge in [0.15, 0.2) is 0 Å². The van der Waals surface area contributed by atoms with Crippen LogP contribution in [0.3, 0.4) is 0 Å². The van der Waals surface area contributed by atoms with E-state index in [0.29, 0.717) is 0 Å². The molecule has 1 amide bonds. The van der Waals surface area contributed by atoms with Gasteiger partial charge < -0.3 is 10.1 Å². The summed E-state index contributed by atoms with van der Waals surface area (Å²) in [6.07, 6.45) is 3.46. The van der Waals surface area contributed by atoms with Crippen molar-refractivity contribution < 1.29 is 9.53 Å². The third-order valence-corrected chi connectivity index (χ3v) is 3.52. The van der Waals surface area contributed by atoms with Crippen LogP contribution in [0, 0.1) is 0 Å². The maximum absolute atomic E-state index is 11.1. The van der Waals surface area contributed by atoms with Crippen LogP contribution in [-0.2, 0) is 4.79 Å². The standard InChI is InChI=1S/C19H17N3O2/c1-13(23)21-16-7-3-14(4-8-16)18-11-20-12-19(22-18)15-5-9-17(24-2)10-6-15/h3-12H,1-2H3,(H,21,23). The van der Waals surface area contributed by atoms with Gasteiger partial charge in [-0.1, -0.05) is 12.1 Å². The Labute approximate surface area is 140 Å². The van der Waals surface area contributed by atoms with E-state index in [4.69, 9.17) is 4.74 Å². The number of nitrogens with one attached hydrogen (secondary N) is 1. The zero-order valence-electron chi connectivity index (χ0n) is 13.5. The fourth-order valence-corrected chi connectivity index (χ4v) is 2.33. The molecule has 1 aromatic heterocycles. The molecule has 0 bridgehead atoms. The highest BCUT2D eigenvalue weighted by molar-refractivity contribution is 5.88. The van der Waals surface area contributed by atoms with Gasteiger partial charge in [0.25, 0.3) is 0 Å². The lowest BCUT2D eigenvalue weighted by atomic mass is 10.1. The molecule has 24 heavy (non-hydrogen) atoms. The number of carbonyl (C=O) groups is 1. The fourth-order valence-electron chi connectivity index (χ4n) is 2.33. The minimum atomic E-state index is -0.0935. The van der Waals surface area contributed by atoms with Crippen LogP contribution >= 0.6 is 0 Å². The molecule has 0 aliphatic rings. The normalized spacial score (nSPS) is 10.2. The number of rotatable bonds is 4. The molecule has 0 radical (unpaired) electrons. The van der Waals surface area contributed by atoms with Crippen molar-refractivity contribution in [2.45, 2.75) is 6.92 Å². The van der Waals surface area contributed by atoms with E-state index in [9.17, 15) is 4.79 Å². The highest BCUT2D eigenvalue weighted by Crippen LogP contribution is 2.24. The van der Waals surface area contributed by atoms with E-state index >= 15 is 0 Å². The lowest BCUT2D eigenvalue weighted by Crippen LogP contribution is -2.05. The summed E-state index contributed by atoms with van der Waals surface area (Å²) >= 11 is 0. The molecule has 2 aromatic carbocycles. The van der Waals surface area contributed by atoms with E-state index < -0.39 is 0 Å². The van der Waals surface area contributed by atoms with E-state index in [2.05, 4.69) is 15.3 Å². The number of hydrogen-bond acceptors (Lipinski definition) is 4. The van der Waals surface area contributed by atoms with Crippen LogP contribution in [0.15, 0.2) is 60.9 Å². The van der Waals surface area contributed by atoms with Crippen molar-refractivity contribution in [3.05, 3.63) is 60.9 Å². The molecule has 0 unspecified atom stereocenters. The Bertz CT molecular complexity index is 843. The number of benzene rings is 2. The number of anilines is 1. The van der Waals surface area contributed by atoms with Crippen molar-refractivity contribution in [3.8, 4) is 28.3 Å². The van der Waals surface area contributed by atoms with Crippen molar-refractivity contribution in [1.82, 2.24) is 9.97 Å². The zero-order valence-corrected chi connectivity index (χ0v) is 13.5. The smallest absolute Gasteiger partial charge is 0.221 e. The first-order valence-corrected chi connectivity index (χ1v) is 7.50. The maximum Gasteiger partial charge on any atom is 0.221 e. The molecule has 1 heterocycles. The number of ether oxygens (including phenoxy) is 1. The molecule has 0 saturated heterocycles. The molecule has 0 atom stereocenters. The minimum Gasteiger partial charge on any atom is -0.497 e. The van der Waals surface area contributed by atoms with Gasteiger partial charge in [-0.3, -0.25) is 9.78 Å². The van der Waals surface area contributed by atoms with E-state index in [1.165, 1.54) is 6.92 Å². The maximum atomic E-state index is 11.1. The van der Waals surface area contributed by atoms with Gasteiger partial charge in [-0.15, -0.1) is 0 Å². The summed E-state index contributed by atoms with van der Waals surface area (Å²) in [5.74, 6) is 0.709. The number of aromatic nitrogens is 2. The monoisotopic (exact) mass is 319 g/mol. The van der Waals surface area contributed by atoms with Gasteiger partial charge in [0.1, 0.15) is 5.75 Å². The van der Waals surface area contributed by atoms with Gasteiger partial charge in [0.2, 0.25) is 5.91 Å². The lowest BCUT2D eigenvalue weighted by molar-refractivity contribution is -0.114. The van der Waals surface area contributed by atoms with Gasteiger partial charge in [-0.05, 0) is 36.4 Å². The number of methoxy groups -OCH3 is 1. The Hall–Kier alpha value is -3.21. The van der Waals surface area contributed by atoms with Crippen LogP contribution in [-0.4, -0.2) is 23.0 Å². The Kier molecular flexibility index (Phi) is 4.52. The Morgan fingerprint density at radius 2 is 1.46 bits per heavy atom. The molecular weight excluding hydrogens is 302 g/mol. The predicted molar refractivity (Wildman–Crippen MR) is 93.8 cm³/mol. The van der Waals surface area contributed by atoms with Crippen molar-refractivity contribution in [1.29, 1.82) is 0 Å². The van der Waals surface area contributed by atoms with Crippen LogP contribution < -0.4 is 10.1 Å². The molecule has 0 spiro atoms. The first-order chi connectivity index (χ1) is 11.7. The molecule has 3 rings (SSSR count). The first kappa shape index (κ1) is 15.7. The van der Waals surface area contributed by atoms with E-state index in [1.807, 2.05) is 48.5 Å². The van der Waals surface area contributed by atoms with Gasteiger partial charge >= 0.3 is 0 Å². The molecule has 0 saturated carbocycles. The van der Waals surface area contributed by atoms with Gasteiger partial charge in [0.05, 0.1) is 30.9 Å². The summed E-state index contributed by atoms with van der Waals surface area (Å²) in [6, 6.07) is 15.2. The van der Waals surface area contributed by atoms with Gasteiger partial charge in [-0.2, -0.15) is 0 Å². The minimum absolute atomic E-state index is 0.0935. The molecule has 0 fully saturated rings. The second kappa shape index (κ2) is 6.91. The zero-order chi connectivity index (χ0) is 16.9. The van der Waals surface area contributed by atoms with E-state index in [1.54, 1.807) is 19.5 Å². The summed E-state index contributed by atoms with van der Waals surface area (Å²) in [7, 11) is 1.64. The van der Waals surface area contributed by atoms with Gasteiger partial charge in [-0.25, -0.2) is 4.98 Å². The van der Waals surface area contributed by atoms with Gasteiger partial charge in [0, 0.05) is 23.7 Å². The van der Waals surface area contributed by atoms with Crippen molar-refractivity contribution >= 4 is 11.6 Å². The SMILES string of the molecule is COc1ccc(-c2cncc(-c3ccc(NC(C)=O)cc3)n2)cc1. The second-order valence-electron chi connectivity index (χ2n) is 5.28. The average Bonchev–Trinajstić information content (AvgIpc) is 2.62. The fraction of sp³-hybridized carbons (Fsp3) is 0.105. The molecule has 1 N–H and O–H groups in total. The second-order valence-corrected chi connectivity index (χ2v) is 5.28. The van der Waals surface area contributed by atoms with Crippen LogP contribution in [0.5, 0.6) is 5.75 Å². The summed E-state index contributed by atoms with van der Waals surface area (Å²) in [5, 5.41) is 2.74. The molecule has 0 aliphatic heterocycles. The Morgan fingerprint density at radius 3 is 1.96 bits per heavy atom. The van der Waals surface area contributed by atoms with Crippen molar-refractivity contribution in [2.75, 3.05) is 12.4 Å². The van der Waals surface area contributed by atoms with Crippen molar-refractivity contribution in [2.24, 2.45) is 0 Å². The van der Waals surface area contributed by atoms with Crippen LogP contribution in [0.2, 0.25) is 0 Å². The summed E-state index contributed by atoms with van der Waals surface area (Å²) in [5.41, 5.74) is 4.23. The number of carbonyl (C=O) groups excluding carboxylic acids is 1. The lowest BCUT2D eigenvalue weighted by Gasteiger charge is -2.07. The average molecular weight is 319 g/mol. The topological polar surface area (TPSA) is 64.1 Å². The first-order valence-electron chi connectivity index (χ1n) is 7.50. The van der Waals surface area contributed by atoms with Crippen molar-refractivity contribution in [3.63, 3.8) is 0 Å². The largest absolute Gasteiger partial charge is 0.497 e. The number of amides is 1. The number of nitrogens with zero attached hydrogens (tertiary/aromatic N) is 2. The Balaban J connectivity index is 1.88. The molecule has 0 aliphatic carbocycles. The number of hydrogen-bond donors (Lipinski definition) is 1. The summed E-state index contributed by atoms with van der Waals surface area (Å²) in [6.45, 7) is 1.48. The van der Waals surface area contributed by atoms with E-state index in [-0.39, 0.29) is 5.91 Å². The Morgan fingerprint density at radius 1 is 0.917 bits per heavy atom. The van der Waals surface area contributed by atoms with Crippen LogP contribution in [0.1, 0.15) is 6.92 Å². The quantitative estimate of drug-likeness (QED) is 0.795. The van der Waals surface area contributed by atoms with Crippen LogP contribution in [0.25, 0.3) is 22.5 Å². The summed E-state index contributed by atoms with van der Waals surface area (Å²) < 4.78 is 5.17. The molecule has 120 valence electrons. The predicted octanol–water partition coefficient (Wildman–Crippen LogP) is 3.78. The third-order valence-electron chi connectivity index (χ3n) is 3.52. The molecule has 5 heteroatoms. The molecule has 3 aromatic rings.